The van der Waals surface area contributed by atoms with Crippen molar-refractivity contribution in [3.05, 3.63) is 29.1 Å². The summed E-state index contributed by atoms with van der Waals surface area (Å²) in [7, 11) is 0. The van der Waals surface area contributed by atoms with Gasteiger partial charge in [-0.3, -0.25) is 4.79 Å². The van der Waals surface area contributed by atoms with E-state index in [-0.39, 0.29) is 11.3 Å². The Kier molecular flexibility index (Phi) is 2.06. The van der Waals surface area contributed by atoms with Crippen molar-refractivity contribution in [3.63, 3.8) is 0 Å². The Labute approximate surface area is 69.6 Å². The predicted octanol–water partition coefficient (Wildman–Crippen LogP) is 0.361. The maximum atomic E-state index is 10.8. The summed E-state index contributed by atoms with van der Waals surface area (Å²) in [6.45, 7) is 1.71. The lowest BCUT2D eigenvalue weighted by atomic mass is 10.1. The lowest BCUT2D eigenvalue weighted by molar-refractivity contribution is 0.0999. The first kappa shape index (κ1) is 8.21. The Bertz CT molecular complexity index is 365. The zero-order chi connectivity index (χ0) is 9.14. The summed E-state index contributed by atoms with van der Waals surface area (Å²) in [5.41, 5.74) is 6.03. The molecule has 0 aliphatic carbocycles. The van der Waals surface area contributed by atoms with Crippen LogP contribution in [0.1, 0.15) is 21.6 Å². The van der Waals surface area contributed by atoms with Crippen molar-refractivity contribution < 1.29 is 4.79 Å². The number of hydrogen-bond donors (Lipinski definition) is 1. The summed E-state index contributed by atoms with van der Waals surface area (Å²) < 4.78 is 0. The largest absolute Gasteiger partial charge is 0.366 e. The molecule has 0 aliphatic rings. The van der Waals surface area contributed by atoms with Gasteiger partial charge in [-0.25, -0.2) is 4.98 Å². The van der Waals surface area contributed by atoms with Crippen molar-refractivity contribution in [2.75, 3.05) is 0 Å². The van der Waals surface area contributed by atoms with Gasteiger partial charge in [0.15, 0.2) is 5.69 Å². The molecule has 0 saturated carbocycles. The van der Waals surface area contributed by atoms with E-state index in [4.69, 9.17) is 11.0 Å². The highest BCUT2D eigenvalue weighted by atomic mass is 16.1. The first-order valence-electron chi connectivity index (χ1n) is 3.32. The summed E-state index contributed by atoms with van der Waals surface area (Å²) in [5, 5.41) is 8.57. The van der Waals surface area contributed by atoms with Gasteiger partial charge in [-0.05, 0) is 18.6 Å². The molecule has 0 aliphatic heterocycles. The van der Waals surface area contributed by atoms with Crippen LogP contribution in [-0.2, 0) is 0 Å². The lowest BCUT2D eigenvalue weighted by Gasteiger charge is -2.00. The molecule has 60 valence electrons. The average molecular weight is 161 g/mol. The van der Waals surface area contributed by atoms with E-state index in [1.807, 2.05) is 0 Å². The summed E-state index contributed by atoms with van der Waals surface area (Å²) in [6, 6.07) is 3.45. The number of nitriles is 1. The Balaban J connectivity index is 3.42. The van der Waals surface area contributed by atoms with Crippen LogP contribution in [-0.4, -0.2) is 10.9 Å². The minimum atomic E-state index is -0.614. The summed E-state index contributed by atoms with van der Waals surface area (Å²) in [6.07, 6.45) is 1.47. The highest BCUT2D eigenvalue weighted by molar-refractivity contribution is 5.96. The lowest BCUT2D eigenvalue weighted by Crippen LogP contribution is -2.15. The Morgan fingerprint density at radius 3 is 2.83 bits per heavy atom. The standard InChI is InChI=1S/C8H7N3O/c1-5-2-3-11-6(4-9)7(5)8(10)12/h2-3H,1H3,(H2,10,12). The van der Waals surface area contributed by atoms with Crippen LogP contribution in [0.4, 0.5) is 0 Å². The van der Waals surface area contributed by atoms with E-state index in [0.717, 1.165) is 0 Å². The molecule has 0 saturated heterocycles. The molecule has 0 atom stereocenters. The van der Waals surface area contributed by atoms with E-state index < -0.39 is 5.91 Å². The minimum Gasteiger partial charge on any atom is -0.366 e. The first-order chi connectivity index (χ1) is 5.66. The minimum absolute atomic E-state index is 0.0856. The SMILES string of the molecule is Cc1ccnc(C#N)c1C(N)=O. The van der Waals surface area contributed by atoms with Crippen LogP contribution in [0.2, 0.25) is 0 Å². The van der Waals surface area contributed by atoms with Gasteiger partial charge in [0.2, 0.25) is 0 Å². The molecule has 1 aromatic rings. The third-order valence-corrected chi connectivity index (χ3v) is 1.51. The smallest absolute Gasteiger partial charge is 0.251 e. The quantitative estimate of drug-likeness (QED) is 0.645. The number of amides is 1. The maximum absolute atomic E-state index is 10.8. The number of hydrogen-bond acceptors (Lipinski definition) is 3. The van der Waals surface area contributed by atoms with Crippen molar-refractivity contribution in [2.45, 2.75) is 6.92 Å². The van der Waals surface area contributed by atoms with Crippen LogP contribution in [0.25, 0.3) is 0 Å². The molecule has 1 amide bonds. The van der Waals surface area contributed by atoms with E-state index in [9.17, 15) is 4.79 Å². The number of nitrogens with two attached hydrogens (primary N) is 1. The molecule has 2 N–H and O–H groups in total. The topological polar surface area (TPSA) is 79.8 Å². The van der Waals surface area contributed by atoms with Crippen LogP contribution >= 0.6 is 0 Å². The second-order valence-electron chi connectivity index (χ2n) is 2.33. The summed E-state index contributed by atoms with van der Waals surface area (Å²) >= 11 is 0. The van der Waals surface area contributed by atoms with Gasteiger partial charge in [0.1, 0.15) is 6.07 Å². The number of pyridine rings is 1. The van der Waals surface area contributed by atoms with Crippen molar-refractivity contribution in [2.24, 2.45) is 5.73 Å². The Morgan fingerprint density at radius 2 is 2.42 bits per heavy atom. The van der Waals surface area contributed by atoms with Crippen molar-refractivity contribution in [3.8, 4) is 6.07 Å². The maximum Gasteiger partial charge on any atom is 0.251 e. The zero-order valence-corrected chi connectivity index (χ0v) is 6.53. The van der Waals surface area contributed by atoms with Gasteiger partial charge in [0.05, 0.1) is 5.56 Å². The number of carbonyl (C=O) groups excluding carboxylic acids is 1. The molecule has 0 unspecified atom stereocenters. The van der Waals surface area contributed by atoms with E-state index in [1.165, 1.54) is 6.20 Å². The molecular weight excluding hydrogens is 154 g/mol. The molecule has 4 nitrogen and oxygen atoms in total. The second kappa shape index (κ2) is 3.01. The van der Waals surface area contributed by atoms with Gasteiger partial charge in [-0.1, -0.05) is 0 Å². The fourth-order valence-corrected chi connectivity index (χ4v) is 0.954. The molecule has 0 spiro atoms. The second-order valence-corrected chi connectivity index (χ2v) is 2.33. The normalized spacial score (nSPS) is 9.00. The van der Waals surface area contributed by atoms with Crippen molar-refractivity contribution in [1.29, 1.82) is 5.26 Å². The van der Waals surface area contributed by atoms with Gasteiger partial charge < -0.3 is 5.73 Å². The molecule has 0 fully saturated rings. The highest BCUT2D eigenvalue weighted by Crippen LogP contribution is 2.08. The molecule has 12 heavy (non-hydrogen) atoms. The van der Waals surface area contributed by atoms with Crippen molar-refractivity contribution in [1.82, 2.24) is 4.98 Å². The van der Waals surface area contributed by atoms with Gasteiger partial charge in [0.25, 0.3) is 5.91 Å². The molecule has 0 bridgehead atoms. The monoisotopic (exact) mass is 161 g/mol. The van der Waals surface area contributed by atoms with E-state index in [2.05, 4.69) is 4.98 Å². The summed E-state index contributed by atoms with van der Waals surface area (Å²) in [5.74, 6) is -0.614. The molecule has 1 aromatic heterocycles. The van der Waals surface area contributed by atoms with Crippen molar-refractivity contribution >= 4 is 5.91 Å². The van der Waals surface area contributed by atoms with E-state index in [0.29, 0.717) is 5.56 Å². The first-order valence-corrected chi connectivity index (χ1v) is 3.32. The van der Waals surface area contributed by atoms with Gasteiger partial charge in [-0.2, -0.15) is 5.26 Å². The number of nitrogens with zero attached hydrogens (tertiary/aromatic N) is 2. The molecule has 0 aromatic carbocycles. The van der Waals surface area contributed by atoms with Gasteiger partial charge >= 0.3 is 0 Å². The number of rotatable bonds is 1. The highest BCUT2D eigenvalue weighted by Gasteiger charge is 2.10. The third kappa shape index (κ3) is 1.25. The predicted molar refractivity (Wildman–Crippen MR) is 42.2 cm³/mol. The fourth-order valence-electron chi connectivity index (χ4n) is 0.954. The summed E-state index contributed by atoms with van der Waals surface area (Å²) in [4.78, 5) is 14.5. The number of aromatic nitrogens is 1. The fraction of sp³-hybridized carbons (Fsp3) is 0.125. The molecule has 1 rings (SSSR count). The van der Waals surface area contributed by atoms with Crippen LogP contribution in [0.3, 0.4) is 0 Å². The van der Waals surface area contributed by atoms with Gasteiger partial charge in [-0.15, -0.1) is 0 Å². The van der Waals surface area contributed by atoms with Crippen LogP contribution < -0.4 is 5.73 Å². The Morgan fingerprint density at radius 1 is 1.75 bits per heavy atom. The van der Waals surface area contributed by atoms with Crippen LogP contribution in [0.5, 0.6) is 0 Å². The number of aryl methyl sites for hydroxylation is 1. The molecule has 0 radical (unpaired) electrons. The number of primary amides is 1. The average Bonchev–Trinajstić information content (AvgIpc) is 2.03. The van der Waals surface area contributed by atoms with Crippen LogP contribution in [0, 0.1) is 18.3 Å². The van der Waals surface area contributed by atoms with Gasteiger partial charge in [0, 0.05) is 6.20 Å². The van der Waals surface area contributed by atoms with E-state index >= 15 is 0 Å². The third-order valence-electron chi connectivity index (χ3n) is 1.51. The van der Waals surface area contributed by atoms with E-state index in [1.54, 1.807) is 19.1 Å². The number of carbonyl (C=O) groups is 1. The molecule has 4 heteroatoms. The van der Waals surface area contributed by atoms with Crippen LogP contribution in [0.15, 0.2) is 12.3 Å². The zero-order valence-electron chi connectivity index (χ0n) is 6.53. The molecule has 1 heterocycles. The Hall–Kier alpha value is -1.89. The molecular formula is C8H7N3O.